The first-order valence-electron chi connectivity index (χ1n) is 6.90. The van der Waals surface area contributed by atoms with Crippen LogP contribution in [0.2, 0.25) is 0 Å². The highest BCUT2D eigenvalue weighted by Crippen LogP contribution is 2.26. The Morgan fingerprint density at radius 2 is 2.05 bits per heavy atom. The number of nitrogens with one attached hydrogen (secondary N) is 1. The van der Waals surface area contributed by atoms with Gasteiger partial charge in [-0.1, -0.05) is 42.4 Å². The third kappa shape index (κ3) is 2.84. The van der Waals surface area contributed by atoms with E-state index in [4.69, 9.17) is 4.52 Å². The Bertz CT molecular complexity index is 523. The van der Waals surface area contributed by atoms with Gasteiger partial charge in [0, 0.05) is 13.0 Å². The van der Waals surface area contributed by atoms with Crippen LogP contribution in [0.3, 0.4) is 0 Å². The molecule has 2 aromatic rings. The molecule has 0 bridgehead atoms. The van der Waals surface area contributed by atoms with Crippen LogP contribution < -0.4 is 5.32 Å². The molecule has 0 aliphatic carbocycles. The first-order valence-corrected chi connectivity index (χ1v) is 6.90. The summed E-state index contributed by atoms with van der Waals surface area (Å²) in [5.74, 6) is 2.55. The van der Waals surface area contributed by atoms with E-state index in [9.17, 15) is 0 Å². The van der Waals surface area contributed by atoms with Gasteiger partial charge in [0.15, 0.2) is 5.82 Å². The van der Waals surface area contributed by atoms with Crippen LogP contribution in [0.15, 0.2) is 34.9 Å². The molecular weight excluding hydrogens is 238 g/mol. The molecule has 1 N–H and O–H groups in total. The number of rotatable bonds is 4. The molecule has 2 heterocycles. The fourth-order valence-corrected chi connectivity index (χ4v) is 2.56. The predicted octanol–water partition coefficient (Wildman–Crippen LogP) is 2.18. The molecule has 1 fully saturated rings. The topological polar surface area (TPSA) is 51.0 Å². The average molecular weight is 257 g/mol. The zero-order valence-electron chi connectivity index (χ0n) is 11.2. The number of nitrogens with zero attached hydrogens (tertiary/aromatic N) is 2. The Morgan fingerprint density at radius 3 is 2.79 bits per heavy atom. The van der Waals surface area contributed by atoms with Crippen LogP contribution in [0, 0.1) is 5.92 Å². The molecule has 19 heavy (non-hydrogen) atoms. The summed E-state index contributed by atoms with van der Waals surface area (Å²) in [6.07, 6.45) is 1.79. The van der Waals surface area contributed by atoms with E-state index >= 15 is 0 Å². The molecule has 0 amide bonds. The van der Waals surface area contributed by atoms with Crippen molar-refractivity contribution in [3.05, 3.63) is 47.6 Å². The Morgan fingerprint density at radius 1 is 1.21 bits per heavy atom. The molecule has 1 saturated heterocycles. The van der Waals surface area contributed by atoms with Gasteiger partial charge in [0.1, 0.15) is 0 Å². The number of hydrogen-bond acceptors (Lipinski definition) is 4. The monoisotopic (exact) mass is 257 g/mol. The summed E-state index contributed by atoms with van der Waals surface area (Å²) in [5.41, 5.74) is 1.31. The molecule has 3 rings (SSSR count). The van der Waals surface area contributed by atoms with Crippen molar-refractivity contribution in [1.82, 2.24) is 15.5 Å². The molecule has 1 aliphatic heterocycles. The van der Waals surface area contributed by atoms with Gasteiger partial charge in [-0.2, -0.15) is 4.98 Å². The average Bonchev–Trinajstić information content (AvgIpc) is 3.06. The highest BCUT2D eigenvalue weighted by atomic mass is 16.5. The minimum atomic E-state index is 0.373. The van der Waals surface area contributed by atoms with Crippen LogP contribution in [0.25, 0.3) is 0 Å². The molecule has 0 saturated carbocycles. The Hall–Kier alpha value is -1.68. The second-order valence-corrected chi connectivity index (χ2v) is 5.28. The van der Waals surface area contributed by atoms with Crippen molar-refractivity contribution in [3.8, 4) is 0 Å². The summed E-state index contributed by atoms with van der Waals surface area (Å²) in [6.45, 7) is 4.20. The fourth-order valence-electron chi connectivity index (χ4n) is 2.56. The Balaban J connectivity index is 1.62. The molecule has 0 radical (unpaired) electrons. The van der Waals surface area contributed by atoms with Gasteiger partial charge >= 0.3 is 0 Å². The highest BCUT2D eigenvalue weighted by molar-refractivity contribution is 5.15. The van der Waals surface area contributed by atoms with E-state index in [2.05, 4.69) is 46.6 Å². The third-order valence-electron chi connectivity index (χ3n) is 3.80. The normalized spacial score (nSPS) is 22.8. The molecule has 4 nitrogen and oxygen atoms in total. The van der Waals surface area contributed by atoms with Gasteiger partial charge in [-0.3, -0.25) is 0 Å². The Kier molecular flexibility index (Phi) is 3.60. The largest absolute Gasteiger partial charge is 0.339 e. The summed E-state index contributed by atoms with van der Waals surface area (Å²) in [6, 6.07) is 10.4. The van der Waals surface area contributed by atoms with Gasteiger partial charge in [0.05, 0.1) is 5.92 Å². The second-order valence-electron chi connectivity index (χ2n) is 5.28. The maximum atomic E-state index is 5.41. The van der Waals surface area contributed by atoms with Crippen LogP contribution >= 0.6 is 0 Å². The van der Waals surface area contributed by atoms with Crippen molar-refractivity contribution in [2.75, 3.05) is 13.1 Å². The van der Waals surface area contributed by atoms with Gasteiger partial charge < -0.3 is 9.84 Å². The molecule has 1 aromatic carbocycles. The third-order valence-corrected chi connectivity index (χ3v) is 3.80. The molecule has 2 atom stereocenters. The number of benzene rings is 1. The van der Waals surface area contributed by atoms with E-state index in [-0.39, 0.29) is 0 Å². The molecule has 0 unspecified atom stereocenters. The van der Waals surface area contributed by atoms with Crippen molar-refractivity contribution < 1.29 is 4.52 Å². The van der Waals surface area contributed by atoms with Crippen LogP contribution in [-0.2, 0) is 12.8 Å². The quantitative estimate of drug-likeness (QED) is 0.912. The number of aromatic nitrogens is 2. The van der Waals surface area contributed by atoms with E-state index in [0.717, 1.165) is 37.6 Å². The van der Waals surface area contributed by atoms with Crippen LogP contribution in [-0.4, -0.2) is 23.2 Å². The van der Waals surface area contributed by atoms with Gasteiger partial charge in [-0.05, 0) is 24.4 Å². The molecule has 1 aromatic heterocycles. The molecule has 100 valence electrons. The van der Waals surface area contributed by atoms with Crippen molar-refractivity contribution >= 4 is 0 Å². The summed E-state index contributed by atoms with van der Waals surface area (Å²) in [4.78, 5) is 4.54. The van der Waals surface area contributed by atoms with Crippen LogP contribution in [0.5, 0.6) is 0 Å². The first kappa shape index (κ1) is 12.4. The van der Waals surface area contributed by atoms with Gasteiger partial charge in [0.2, 0.25) is 5.89 Å². The minimum Gasteiger partial charge on any atom is -0.339 e. The lowest BCUT2D eigenvalue weighted by molar-refractivity contribution is 0.336. The van der Waals surface area contributed by atoms with Gasteiger partial charge in [-0.25, -0.2) is 0 Å². The van der Waals surface area contributed by atoms with E-state index < -0.39 is 0 Å². The van der Waals surface area contributed by atoms with E-state index in [1.807, 2.05) is 6.07 Å². The molecular formula is C15H19N3O. The molecule has 1 aliphatic rings. The summed E-state index contributed by atoms with van der Waals surface area (Å²) < 4.78 is 5.41. The fraction of sp³-hybridized carbons (Fsp3) is 0.467. The van der Waals surface area contributed by atoms with Crippen LogP contribution in [0.1, 0.15) is 30.1 Å². The molecule has 0 spiro atoms. The van der Waals surface area contributed by atoms with Crippen molar-refractivity contribution in [2.45, 2.75) is 25.7 Å². The van der Waals surface area contributed by atoms with Crippen LogP contribution in [0.4, 0.5) is 0 Å². The second kappa shape index (κ2) is 5.53. The first-order chi connectivity index (χ1) is 9.33. The zero-order chi connectivity index (χ0) is 13.1. The van der Waals surface area contributed by atoms with Crippen molar-refractivity contribution in [2.24, 2.45) is 5.92 Å². The van der Waals surface area contributed by atoms with E-state index in [1.165, 1.54) is 5.56 Å². The number of aryl methyl sites for hydroxylation is 2. The number of hydrogen-bond donors (Lipinski definition) is 1. The Labute approximate surface area is 113 Å². The minimum absolute atomic E-state index is 0.373. The smallest absolute Gasteiger partial charge is 0.231 e. The van der Waals surface area contributed by atoms with E-state index in [0.29, 0.717) is 11.8 Å². The lowest BCUT2D eigenvalue weighted by atomic mass is 9.98. The van der Waals surface area contributed by atoms with Gasteiger partial charge in [0.25, 0.3) is 0 Å². The summed E-state index contributed by atoms with van der Waals surface area (Å²) >= 11 is 0. The zero-order valence-corrected chi connectivity index (χ0v) is 11.2. The highest BCUT2D eigenvalue weighted by Gasteiger charge is 2.29. The van der Waals surface area contributed by atoms with Gasteiger partial charge in [-0.15, -0.1) is 0 Å². The maximum absolute atomic E-state index is 5.41. The van der Waals surface area contributed by atoms with Crippen molar-refractivity contribution in [3.63, 3.8) is 0 Å². The lowest BCUT2D eigenvalue weighted by Crippen LogP contribution is -2.08. The SMILES string of the molecule is C[C@@H]1CNC[C@H]1c1nc(CCc2ccccc2)no1. The standard InChI is InChI=1S/C15H19N3O/c1-11-9-16-10-13(11)15-17-14(18-19-15)8-7-12-5-3-2-4-6-12/h2-6,11,13,16H,7-10H2,1H3/t11-,13-/m1/s1. The predicted molar refractivity (Wildman–Crippen MR) is 72.9 cm³/mol. The summed E-state index contributed by atoms with van der Waals surface area (Å²) in [5, 5.41) is 7.46. The maximum Gasteiger partial charge on any atom is 0.231 e. The molecule has 4 heteroatoms. The van der Waals surface area contributed by atoms with E-state index in [1.54, 1.807) is 0 Å². The van der Waals surface area contributed by atoms with Crippen molar-refractivity contribution in [1.29, 1.82) is 0 Å². The lowest BCUT2D eigenvalue weighted by Gasteiger charge is -2.07. The summed E-state index contributed by atoms with van der Waals surface area (Å²) in [7, 11) is 0.